The Kier molecular flexibility index (Phi) is 4.81. The van der Waals surface area contributed by atoms with Crippen LogP contribution in [0.4, 0.5) is 4.39 Å². The van der Waals surface area contributed by atoms with E-state index in [2.05, 4.69) is 4.90 Å². The number of halogens is 1. The molecule has 0 aromatic heterocycles. The molecule has 1 amide bonds. The molecule has 1 saturated heterocycles. The van der Waals surface area contributed by atoms with Gasteiger partial charge < -0.3 is 14.4 Å². The van der Waals surface area contributed by atoms with Gasteiger partial charge in [-0.15, -0.1) is 0 Å². The lowest BCUT2D eigenvalue weighted by atomic mass is 10.2. The van der Waals surface area contributed by atoms with E-state index in [4.69, 9.17) is 9.47 Å². The first-order valence-corrected chi connectivity index (χ1v) is 7.86. The lowest BCUT2D eigenvalue weighted by Gasteiger charge is -2.35. The number of allylic oxidation sites excluding steroid dienone is 1. The summed E-state index contributed by atoms with van der Waals surface area (Å²) in [7, 11) is 0. The topological polar surface area (TPSA) is 42.0 Å². The summed E-state index contributed by atoms with van der Waals surface area (Å²) in [5.74, 6) is 0.587. The van der Waals surface area contributed by atoms with E-state index in [1.54, 1.807) is 24.0 Å². The summed E-state index contributed by atoms with van der Waals surface area (Å²) in [4.78, 5) is 16.5. The van der Waals surface area contributed by atoms with E-state index < -0.39 is 0 Å². The Morgan fingerprint density at radius 1 is 1.09 bits per heavy atom. The SMILES string of the molecule is CC1=C(C(=O)N2CCN(Cc3ccc(F)cc3)CC2)OCCO1. The zero-order valence-corrected chi connectivity index (χ0v) is 13.3. The van der Waals surface area contributed by atoms with Crippen molar-refractivity contribution in [2.24, 2.45) is 0 Å². The van der Waals surface area contributed by atoms with Gasteiger partial charge in [0, 0.05) is 32.7 Å². The molecule has 1 fully saturated rings. The van der Waals surface area contributed by atoms with E-state index in [1.165, 1.54) is 12.1 Å². The standard InChI is InChI=1S/C17H21FN2O3/c1-13-16(23-11-10-22-13)17(21)20-8-6-19(7-9-20)12-14-2-4-15(18)5-3-14/h2-5H,6-12H2,1H3. The zero-order chi connectivity index (χ0) is 16.2. The number of benzene rings is 1. The molecule has 1 aromatic rings. The Morgan fingerprint density at radius 3 is 2.39 bits per heavy atom. The van der Waals surface area contributed by atoms with Crippen LogP contribution < -0.4 is 0 Å². The summed E-state index contributed by atoms with van der Waals surface area (Å²) >= 11 is 0. The molecule has 2 heterocycles. The Labute approximate surface area is 135 Å². The van der Waals surface area contributed by atoms with Crippen LogP contribution in [0.5, 0.6) is 0 Å². The number of ether oxygens (including phenoxy) is 2. The van der Waals surface area contributed by atoms with Crippen molar-refractivity contribution in [1.29, 1.82) is 0 Å². The van der Waals surface area contributed by atoms with Gasteiger partial charge >= 0.3 is 0 Å². The average molecular weight is 320 g/mol. The molecule has 0 bridgehead atoms. The van der Waals surface area contributed by atoms with Crippen molar-refractivity contribution in [2.75, 3.05) is 39.4 Å². The molecule has 1 aromatic carbocycles. The number of amides is 1. The van der Waals surface area contributed by atoms with Crippen LogP contribution in [-0.4, -0.2) is 55.1 Å². The van der Waals surface area contributed by atoms with Crippen LogP contribution in [0.3, 0.4) is 0 Å². The smallest absolute Gasteiger partial charge is 0.292 e. The summed E-state index contributed by atoms with van der Waals surface area (Å²) in [5, 5.41) is 0. The van der Waals surface area contributed by atoms with E-state index >= 15 is 0 Å². The van der Waals surface area contributed by atoms with Crippen molar-refractivity contribution in [2.45, 2.75) is 13.5 Å². The zero-order valence-electron chi connectivity index (χ0n) is 13.3. The van der Waals surface area contributed by atoms with E-state index in [0.29, 0.717) is 37.8 Å². The maximum atomic E-state index is 12.9. The predicted octanol–water partition coefficient (Wildman–Crippen LogP) is 1.75. The Balaban J connectivity index is 1.54. The van der Waals surface area contributed by atoms with Gasteiger partial charge in [-0.25, -0.2) is 4.39 Å². The van der Waals surface area contributed by atoms with E-state index in [0.717, 1.165) is 25.2 Å². The number of hydrogen-bond donors (Lipinski definition) is 0. The summed E-state index contributed by atoms with van der Waals surface area (Å²) in [6.45, 7) is 6.32. The molecule has 0 radical (unpaired) electrons. The minimum absolute atomic E-state index is 0.0939. The van der Waals surface area contributed by atoms with Gasteiger partial charge in [-0.1, -0.05) is 12.1 Å². The molecule has 0 aliphatic carbocycles. The first-order chi connectivity index (χ1) is 11.1. The molecule has 23 heavy (non-hydrogen) atoms. The quantitative estimate of drug-likeness (QED) is 0.851. The Morgan fingerprint density at radius 2 is 1.74 bits per heavy atom. The van der Waals surface area contributed by atoms with Gasteiger partial charge in [0.1, 0.15) is 24.8 Å². The fourth-order valence-electron chi connectivity index (χ4n) is 2.82. The molecule has 2 aliphatic rings. The summed E-state index contributed by atoms with van der Waals surface area (Å²) in [6, 6.07) is 6.55. The van der Waals surface area contributed by atoms with Crippen LogP contribution in [0.1, 0.15) is 12.5 Å². The van der Waals surface area contributed by atoms with Crippen LogP contribution >= 0.6 is 0 Å². The van der Waals surface area contributed by atoms with Gasteiger partial charge in [0.05, 0.1) is 0 Å². The molecule has 0 atom stereocenters. The van der Waals surface area contributed by atoms with Crippen LogP contribution in [0.25, 0.3) is 0 Å². The number of hydrogen-bond acceptors (Lipinski definition) is 4. The van der Waals surface area contributed by atoms with Gasteiger partial charge in [0.2, 0.25) is 5.76 Å². The lowest BCUT2D eigenvalue weighted by molar-refractivity contribution is -0.134. The minimum Gasteiger partial charge on any atom is -0.491 e. The predicted molar refractivity (Wildman–Crippen MR) is 82.9 cm³/mol. The molecular weight excluding hydrogens is 299 g/mol. The fraction of sp³-hybridized carbons (Fsp3) is 0.471. The average Bonchev–Trinajstić information content (AvgIpc) is 2.57. The summed E-state index contributed by atoms with van der Waals surface area (Å²) in [6.07, 6.45) is 0. The van der Waals surface area contributed by atoms with Crippen LogP contribution in [0.15, 0.2) is 35.8 Å². The van der Waals surface area contributed by atoms with E-state index in [1.807, 2.05) is 0 Å². The number of nitrogens with zero attached hydrogens (tertiary/aromatic N) is 2. The maximum Gasteiger partial charge on any atom is 0.292 e. The molecule has 124 valence electrons. The lowest BCUT2D eigenvalue weighted by Crippen LogP contribution is -2.49. The third-order valence-electron chi connectivity index (χ3n) is 4.14. The summed E-state index contributed by atoms with van der Waals surface area (Å²) < 4.78 is 23.8. The van der Waals surface area contributed by atoms with Crippen molar-refractivity contribution in [1.82, 2.24) is 9.80 Å². The summed E-state index contributed by atoms with van der Waals surface area (Å²) in [5.41, 5.74) is 1.08. The number of carbonyl (C=O) groups excluding carboxylic acids is 1. The normalized spacial score (nSPS) is 19.3. The van der Waals surface area contributed by atoms with Crippen molar-refractivity contribution >= 4 is 5.91 Å². The first-order valence-electron chi connectivity index (χ1n) is 7.86. The molecule has 0 saturated carbocycles. The Bertz CT molecular complexity index is 592. The van der Waals surface area contributed by atoms with Crippen LogP contribution in [0, 0.1) is 5.82 Å². The van der Waals surface area contributed by atoms with Gasteiger partial charge in [-0.2, -0.15) is 0 Å². The molecule has 0 spiro atoms. The minimum atomic E-state index is -0.220. The van der Waals surface area contributed by atoms with E-state index in [9.17, 15) is 9.18 Å². The van der Waals surface area contributed by atoms with Crippen LogP contribution in [-0.2, 0) is 20.8 Å². The van der Waals surface area contributed by atoms with Gasteiger partial charge in [-0.05, 0) is 24.6 Å². The molecule has 0 unspecified atom stereocenters. The third kappa shape index (κ3) is 3.82. The van der Waals surface area contributed by atoms with Gasteiger partial charge in [0.15, 0.2) is 0 Å². The highest BCUT2D eigenvalue weighted by molar-refractivity contribution is 5.92. The highest BCUT2D eigenvalue weighted by Crippen LogP contribution is 2.17. The van der Waals surface area contributed by atoms with E-state index in [-0.39, 0.29) is 11.7 Å². The Hall–Kier alpha value is -2.08. The first kappa shape index (κ1) is 15.8. The second-order valence-electron chi connectivity index (χ2n) is 5.78. The van der Waals surface area contributed by atoms with Crippen molar-refractivity contribution in [3.05, 3.63) is 47.2 Å². The molecular formula is C17H21FN2O3. The molecule has 3 rings (SSSR count). The highest BCUT2D eigenvalue weighted by Gasteiger charge is 2.28. The van der Waals surface area contributed by atoms with Gasteiger partial charge in [-0.3, -0.25) is 9.69 Å². The van der Waals surface area contributed by atoms with Crippen LogP contribution in [0.2, 0.25) is 0 Å². The molecule has 2 aliphatic heterocycles. The molecule has 6 heteroatoms. The fourth-order valence-corrected chi connectivity index (χ4v) is 2.82. The second-order valence-corrected chi connectivity index (χ2v) is 5.78. The number of carbonyl (C=O) groups is 1. The monoisotopic (exact) mass is 320 g/mol. The molecule has 0 N–H and O–H groups in total. The van der Waals surface area contributed by atoms with Crippen molar-refractivity contribution in [3.63, 3.8) is 0 Å². The molecule has 5 nitrogen and oxygen atoms in total. The number of piperazine rings is 1. The van der Waals surface area contributed by atoms with Crippen molar-refractivity contribution in [3.8, 4) is 0 Å². The third-order valence-corrected chi connectivity index (χ3v) is 4.14. The maximum absolute atomic E-state index is 12.9. The van der Waals surface area contributed by atoms with Crippen molar-refractivity contribution < 1.29 is 18.7 Å². The highest BCUT2D eigenvalue weighted by atomic mass is 19.1. The second kappa shape index (κ2) is 7.00. The number of rotatable bonds is 3. The largest absolute Gasteiger partial charge is 0.491 e. The van der Waals surface area contributed by atoms with Gasteiger partial charge in [0.25, 0.3) is 5.91 Å².